The number of hydrogen-bond donors (Lipinski definition) is 2. The van der Waals surface area contributed by atoms with Crippen molar-refractivity contribution in [3.8, 4) is 0 Å². The van der Waals surface area contributed by atoms with E-state index < -0.39 is 10.2 Å². The Balaban J connectivity index is 2.09. The second-order valence-electron chi connectivity index (χ2n) is 3.15. The Morgan fingerprint density at radius 3 is 2.71 bits per heavy atom. The van der Waals surface area contributed by atoms with Crippen LogP contribution in [-0.4, -0.2) is 35.8 Å². The largest absolute Gasteiger partial charge is 0.330 e. The van der Waals surface area contributed by atoms with Crippen molar-refractivity contribution in [3.63, 3.8) is 0 Å². The molecule has 0 radical (unpaired) electrons. The Kier molecular flexibility index (Phi) is 2.42. The summed E-state index contributed by atoms with van der Waals surface area (Å²) in [5, 5.41) is 0. The summed E-state index contributed by atoms with van der Waals surface area (Å²) in [7, 11) is -3.39. The van der Waals surface area contributed by atoms with E-state index in [1.165, 1.54) is 10.5 Å². The van der Waals surface area contributed by atoms with Gasteiger partial charge in [-0.15, -0.1) is 0 Å². The third-order valence-electron chi connectivity index (χ3n) is 2.13. The molecule has 1 aromatic heterocycles. The van der Waals surface area contributed by atoms with Crippen LogP contribution >= 0.6 is 0 Å². The highest BCUT2D eigenvalue weighted by Gasteiger charge is 2.25. The van der Waals surface area contributed by atoms with Gasteiger partial charge in [0.25, 0.3) is 0 Å². The van der Waals surface area contributed by atoms with Gasteiger partial charge in [0.2, 0.25) is 5.95 Å². The zero-order valence-corrected chi connectivity index (χ0v) is 8.42. The summed E-state index contributed by atoms with van der Waals surface area (Å²) in [5.41, 5.74) is 0. The van der Waals surface area contributed by atoms with Crippen LogP contribution in [0.1, 0.15) is 12.8 Å². The first kappa shape index (κ1) is 9.47. The zero-order chi connectivity index (χ0) is 10.0. The number of rotatable bonds is 3. The van der Waals surface area contributed by atoms with Crippen LogP contribution < -0.4 is 4.72 Å². The van der Waals surface area contributed by atoms with Crippen LogP contribution in [0, 0.1) is 0 Å². The van der Waals surface area contributed by atoms with E-state index in [0.29, 0.717) is 13.1 Å². The van der Waals surface area contributed by atoms with Gasteiger partial charge in [0.15, 0.2) is 0 Å². The molecule has 0 aliphatic carbocycles. The van der Waals surface area contributed by atoms with Crippen molar-refractivity contribution < 1.29 is 8.42 Å². The lowest BCUT2D eigenvalue weighted by atomic mass is 10.4. The highest BCUT2D eigenvalue weighted by molar-refractivity contribution is 7.90. The molecule has 6 nitrogen and oxygen atoms in total. The van der Waals surface area contributed by atoms with Gasteiger partial charge in [-0.1, -0.05) is 0 Å². The maximum atomic E-state index is 11.7. The Morgan fingerprint density at radius 1 is 1.43 bits per heavy atom. The number of imidazole rings is 1. The van der Waals surface area contributed by atoms with Gasteiger partial charge in [-0.05, 0) is 12.8 Å². The van der Waals surface area contributed by atoms with Crippen molar-refractivity contribution in [3.05, 3.63) is 12.4 Å². The average molecular weight is 216 g/mol. The van der Waals surface area contributed by atoms with Crippen LogP contribution in [0.15, 0.2) is 12.4 Å². The molecule has 0 spiro atoms. The molecule has 1 aliphatic heterocycles. The van der Waals surface area contributed by atoms with Crippen LogP contribution in [0.25, 0.3) is 0 Å². The standard InChI is InChI=1S/C7H12N4O2S/c12-14(13,11-5-1-2-6-11)10-7-8-3-4-9-7/h3-4H,1-2,5-6H2,(H2,8,9,10). The van der Waals surface area contributed by atoms with Crippen molar-refractivity contribution in [1.82, 2.24) is 14.3 Å². The third kappa shape index (κ3) is 1.88. The normalized spacial score (nSPS) is 18.6. The molecule has 1 aromatic rings. The van der Waals surface area contributed by atoms with Crippen LogP contribution in [0.2, 0.25) is 0 Å². The summed E-state index contributed by atoms with van der Waals surface area (Å²) in [6.45, 7) is 1.19. The van der Waals surface area contributed by atoms with Crippen LogP contribution in [0.3, 0.4) is 0 Å². The van der Waals surface area contributed by atoms with Crippen molar-refractivity contribution in [2.24, 2.45) is 0 Å². The van der Waals surface area contributed by atoms with Crippen molar-refractivity contribution in [2.45, 2.75) is 12.8 Å². The molecule has 0 saturated carbocycles. The number of nitrogens with zero attached hydrogens (tertiary/aromatic N) is 2. The van der Waals surface area contributed by atoms with E-state index in [2.05, 4.69) is 14.7 Å². The molecule has 0 bridgehead atoms. The van der Waals surface area contributed by atoms with Crippen molar-refractivity contribution in [1.29, 1.82) is 0 Å². The van der Waals surface area contributed by atoms with E-state index in [-0.39, 0.29) is 5.95 Å². The molecule has 2 N–H and O–H groups in total. The van der Waals surface area contributed by atoms with Gasteiger partial charge in [0, 0.05) is 25.5 Å². The maximum Gasteiger partial charge on any atom is 0.303 e. The minimum absolute atomic E-state index is 0.261. The first-order valence-corrected chi connectivity index (χ1v) is 5.90. The minimum atomic E-state index is -3.39. The van der Waals surface area contributed by atoms with Crippen molar-refractivity contribution in [2.75, 3.05) is 17.8 Å². The summed E-state index contributed by atoms with van der Waals surface area (Å²) in [4.78, 5) is 6.49. The highest BCUT2D eigenvalue weighted by atomic mass is 32.2. The summed E-state index contributed by atoms with van der Waals surface area (Å²) in [6, 6.07) is 0. The zero-order valence-electron chi connectivity index (χ0n) is 7.60. The number of hydrogen-bond acceptors (Lipinski definition) is 3. The Labute approximate surface area is 82.5 Å². The van der Waals surface area contributed by atoms with Gasteiger partial charge in [-0.25, -0.2) is 9.71 Å². The Hall–Kier alpha value is -1.08. The average Bonchev–Trinajstić information content (AvgIpc) is 2.71. The van der Waals surface area contributed by atoms with Gasteiger partial charge in [0.1, 0.15) is 0 Å². The van der Waals surface area contributed by atoms with Crippen molar-refractivity contribution >= 4 is 16.2 Å². The molecule has 1 fully saturated rings. The molecule has 7 heteroatoms. The van der Waals surface area contributed by atoms with Gasteiger partial charge in [-0.3, -0.25) is 0 Å². The lowest BCUT2D eigenvalue weighted by molar-refractivity contribution is 0.482. The van der Waals surface area contributed by atoms with E-state index in [1.807, 2.05) is 0 Å². The lowest BCUT2D eigenvalue weighted by Crippen LogP contribution is -2.33. The number of anilines is 1. The number of nitrogens with one attached hydrogen (secondary N) is 2. The van der Waals surface area contributed by atoms with Gasteiger partial charge in [0.05, 0.1) is 0 Å². The molecule has 78 valence electrons. The van der Waals surface area contributed by atoms with Gasteiger partial charge in [-0.2, -0.15) is 12.7 Å². The SMILES string of the molecule is O=S(=O)(Nc1ncc[nH]1)N1CCCC1. The van der Waals surface area contributed by atoms with E-state index in [0.717, 1.165) is 12.8 Å². The molecule has 2 rings (SSSR count). The third-order valence-corrected chi connectivity index (χ3v) is 3.63. The topological polar surface area (TPSA) is 78.1 Å². The predicted octanol–water partition coefficient (Wildman–Crippen LogP) is 0.162. The highest BCUT2D eigenvalue weighted by Crippen LogP contribution is 2.13. The monoisotopic (exact) mass is 216 g/mol. The van der Waals surface area contributed by atoms with Crippen LogP contribution in [0.5, 0.6) is 0 Å². The molecular formula is C7H12N4O2S. The van der Waals surface area contributed by atoms with Gasteiger partial charge < -0.3 is 4.98 Å². The second-order valence-corrected chi connectivity index (χ2v) is 4.82. The maximum absolute atomic E-state index is 11.7. The molecular weight excluding hydrogens is 204 g/mol. The van der Waals surface area contributed by atoms with Crippen LogP contribution in [0.4, 0.5) is 5.95 Å². The fraction of sp³-hybridized carbons (Fsp3) is 0.571. The van der Waals surface area contributed by atoms with E-state index in [9.17, 15) is 8.42 Å². The van der Waals surface area contributed by atoms with E-state index in [1.54, 1.807) is 6.20 Å². The molecule has 0 unspecified atom stereocenters. The quantitative estimate of drug-likeness (QED) is 0.755. The fourth-order valence-electron chi connectivity index (χ4n) is 1.44. The lowest BCUT2D eigenvalue weighted by Gasteiger charge is -2.14. The second kappa shape index (κ2) is 3.58. The Bertz CT molecular complexity index is 380. The summed E-state index contributed by atoms with van der Waals surface area (Å²) >= 11 is 0. The molecule has 0 atom stereocenters. The molecule has 0 amide bonds. The van der Waals surface area contributed by atoms with E-state index >= 15 is 0 Å². The number of aromatic nitrogens is 2. The first-order valence-electron chi connectivity index (χ1n) is 4.46. The van der Waals surface area contributed by atoms with E-state index in [4.69, 9.17) is 0 Å². The number of aromatic amines is 1. The van der Waals surface area contributed by atoms with Gasteiger partial charge >= 0.3 is 10.2 Å². The fourth-order valence-corrected chi connectivity index (χ4v) is 2.66. The minimum Gasteiger partial charge on any atom is -0.330 e. The van der Waals surface area contributed by atoms with Crippen LogP contribution in [-0.2, 0) is 10.2 Å². The summed E-state index contributed by atoms with van der Waals surface area (Å²) < 4.78 is 27.1. The summed E-state index contributed by atoms with van der Waals surface area (Å²) in [5.74, 6) is 0.261. The summed E-state index contributed by atoms with van der Waals surface area (Å²) in [6.07, 6.45) is 4.93. The molecule has 14 heavy (non-hydrogen) atoms. The predicted molar refractivity (Wildman–Crippen MR) is 51.9 cm³/mol. The molecule has 0 aromatic carbocycles. The molecule has 2 heterocycles. The molecule has 1 saturated heterocycles. The number of H-pyrrole nitrogens is 1. The smallest absolute Gasteiger partial charge is 0.303 e. The first-order chi connectivity index (χ1) is 6.68. The molecule has 1 aliphatic rings. The Morgan fingerprint density at radius 2 is 2.14 bits per heavy atom.